The summed E-state index contributed by atoms with van der Waals surface area (Å²) in [7, 11) is 1.37. The number of rotatable bonds is 7. The van der Waals surface area contributed by atoms with Crippen molar-refractivity contribution in [3.63, 3.8) is 0 Å². The maximum atomic E-state index is 11.8. The van der Waals surface area contributed by atoms with Crippen molar-refractivity contribution in [2.45, 2.75) is 63.3 Å². The fourth-order valence-electron chi connectivity index (χ4n) is 5.88. The lowest BCUT2D eigenvalue weighted by molar-refractivity contribution is 0.00359. The van der Waals surface area contributed by atoms with Crippen LogP contribution in [0.5, 0.6) is 0 Å². The topological polar surface area (TPSA) is 77.7 Å². The highest BCUT2D eigenvalue weighted by Crippen LogP contribution is 2.48. The third kappa shape index (κ3) is 4.07. The third-order valence-corrected chi connectivity index (χ3v) is 8.45. The Morgan fingerprint density at radius 2 is 1.94 bits per heavy atom. The van der Waals surface area contributed by atoms with Crippen LogP contribution < -0.4 is 4.90 Å². The molecule has 36 heavy (non-hydrogen) atoms. The van der Waals surface area contributed by atoms with Gasteiger partial charge in [0.15, 0.2) is 0 Å². The Morgan fingerprint density at radius 1 is 1.17 bits per heavy atom. The fraction of sp³-hybridized carbons (Fsp3) is 0.444. The number of methoxy groups -OCH3 is 1. The number of pyridine rings is 1. The van der Waals surface area contributed by atoms with E-state index < -0.39 is 0 Å². The molecule has 2 aliphatic carbocycles. The molecule has 0 radical (unpaired) electrons. The second kappa shape index (κ2) is 9.36. The number of hydrogen-bond acceptors (Lipinski definition) is 7. The van der Waals surface area contributed by atoms with Gasteiger partial charge in [-0.25, -0.2) is 9.78 Å². The first-order valence-corrected chi connectivity index (χ1v) is 13.1. The van der Waals surface area contributed by atoms with Crippen molar-refractivity contribution in [1.82, 2.24) is 10.1 Å². The number of benzene rings is 1. The van der Waals surface area contributed by atoms with Crippen LogP contribution in [0.25, 0.3) is 11.3 Å². The van der Waals surface area contributed by atoms with Crippen molar-refractivity contribution in [1.29, 1.82) is 0 Å². The lowest BCUT2D eigenvalue weighted by Crippen LogP contribution is -2.45. The Hall–Kier alpha value is -2.61. The standard InChI is InChI=1S/C27H27Cl2N3O4/c1-14-18-10-17(32(14)23-9-8-16(12-30-23)27(33)34-2)11-22(18)35-13-19-25(31-36-26(19)15-6-7-15)24-20(28)4-3-5-21(24)29/h3-5,8-9,12,14-15,17-18,22H,6-7,10-11,13H2,1-2H3. The SMILES string of the molecule is COC(=O)c1ccc(N2C3CC(OCc4c(-c5c(Cl)cccc5Cl)noc4C4CC4)C(C3)C2C)nc1. The van der Waals surface area contributed by atoms with Crippen LogP contribution in [0.3, 0.4) is 0 Å². The first-order chi connectivity index (χ1) is 17.5. The molecule has 7 nitrogen and oxygen atoms in total. The predicted octanol–water partition coefficient (Wildman–Crippen LogP) is 6.28. The molecule has 0 amide bonds. The maximum absolute atomic E-state index is 11.8. The van der Waals surface area contributed by atoms with E-state index in [4.69, 9.17) is 37.2 Å². The number of piperidine rings is 1. The summed E-state index contributed by atoms with van der Waals surface area (Å²) >= 11 is 13.0. The number of fused-ring (bicyclic) bond motifs is 2. The molecular formula is C27H27Cl2N3O4. The highest BCUT2D eigenvalue weighted by atomic mass is 35.5. The molecule has 2 aromatic heterocycles. The maximum Gasteiger partial charge on any atom is 0.339 e. The van der Waals surface area contributed by atoms with Crippen molar-refractivity contribution < 1.29 is 18.8 Å². The first kappa shape index (κ1) is 23.8. The van der Waals surface area contributed by atoms with Gasteiger partial charge in [0.2, 0.25) is 0 Å². The molecule has 1 saturated heterocycles. The average Bonchev–Trinajstić information content (AvgIpc) is 3.39. The minimum atomic E-state index is -0.379. The van der Waals surface area contributed by atoms with Crippen LogP contribution in [0.15, 0.2) is 41.1 Å². The van der Waals surface area contributed by atoms with Crippen LogP contribution in [0.4, 0.5) is 5.82 Å². The second-order valence-corrected chi connectivity index (χ2v) is 10.7. The molecule has 3 aromatic rings. The zero-order valence-corrected chi connectivity index (χ0v) is 21.6. The van der Waals surface area contributed by atoms with Crippen molar-refractivity contribution in [3.8, 4) is 11.3 Å². The lowest BCUT2D eigenvalue weighted by Gasteiger charge is -2.38. The number of hydrogen-bond donors (Lipinski definition) is 0. The monoisotopic (exact) mass is 527 g/mol. The van der Waals surface area contributed by atoms with Gasteiger partial charge in [0.05, 0.1) is 35.4 Å². The Bertz CT molecular complexity index is 1270. The molecule has 3 heterocycles. The normalized spacial score (nSPS) is 24.9. The van der Waals surface area contributed by atoms with E-state index in [9.17, 15) is 4.79 Å². The Balaban J connectivity index is 1.19. The number of halogens is 2. The summed E-state index contributed by atoms with van der Waals surface area (Å²) in [4.78, 5) is 18.7. The smallest absolute Gasteiger partial charge is 0.339 e. The molecule has 0 N–H and O–H groups in total. The quantitative estimate of drug-likeness (QED) is 0.334. The molecular weight excluding hydrogens is 501 g/mol. The number of anilines is 1. The average molecular weight is 528 g/mol. The molecule has 2 saturated carbocycles. The third-order valence-electron chi connectivity index (χ3n) is 7.82. The highest BCUT2D eigenvalue weighted by Gasteiger charge is 2.50. The van der Waals surface area contributed by atoms with Gasteiger partial charge in [-0.05, 0) is 56.9 Å². The van der Waals surface area contributed by atoms with E-state index >= 15 is 0 Å². The van der Waals surface area contributed by atoms with Crippen LogP contribution in [0.1, 0.15) is 60.2 Å². The number of aromatic nitrogens is 2. The summed E-state index contributed by atoms with van der Waals surface area (Å²) in [6, 6.07) is 9.74. The van der Waals surface area contributed by atoms with Gasteiger partial charge in [-0.1, -0.05) is 34.4 Å². The van der Waals surface area contributed by atoms with Crippen LogP contribution in [0, 0.1) is 5.92 Å². The van der Waals surface area contributed by atoms with E-state index in [1.165, 1.54) is 7.11 Å². The molecule has 4 atom stereocenters. The number of carbonyl (C=O) groups is 1. The van der Waals surface area contributed by atoms with Gasteiger partial charge >= 0.3 is 5.97 Å². The van der Waals surface area contributed by atoms with Crippen molar-refractivity contribution in [3.05, 3.63) is 63.5 Å². The largest absolute Gasteiger partial charge is 0.465 e. The number of carbonyl (C=O) groups excluding carboxylic acids is 1. The Labute approximate surface area is 219 Å². The van der Waals surface area contributed by atoms with E-state index in [-0.39, 0.29) is 18.1 Å². The molecule has 3 fully saturated rings. The van der Waals surface area contributed by atoms with Gasteiger partial charge in [-0.3, -0.25) is 0 Å². The van der Waals surface area contributed by atoms with E-state index in [0.717, 1.165) is 42.8 Å². The van der Waals surface area contributed by atoms with Crippen molar-refractivity contribution in [2.24, 2.45) is 5.92 Å². The minimum Gasteiger partial charge on any atom is -0.465 e. The molecule has 3 aliphatic rings. The number of nitrogens with zero attached hydrogens (tertiary/aromatic N) is 3. The van der Waals surface area contributed by atoms with Gasteiger partial charge in [0.1, 0.15) is 17.3 Å². The van der Waals surface area contributed by atoms with Crippen LogP contribution in [-0.2, 0) is 16.1 Å². The van der Waals surface area contributed by atoms with Crippen LogP contribution >= 0.6 is 23.2 Å². The summed E-state index contributed by atoms with van der Waals surface area (Å²) in [5.41, 5.74) is 2.79. The van der Waals surface area contributed by atoms with E-state index in [1.807, 2.05) is 24.3 Å². The molecule has 2 bridgehead atoms. The van der Waals surface area contributed by atoms with Crippen molar-refractivity contribution >= 4 is 35.0 Å². The molecule has 6 rings (SSSR count). The molecule has 0 spiro atoms. The number of ether oxygens (including phenoxy) is 2. The van der Waals surface area contributed by atoms with E-state index in [0.29, 0.717) is 51.4 Å². The summed E-state index contributed by atoms with van der Waals surface area (Å²) in [5, 5.41) is 5.48. The van der Waals surface area contributed by atoms with Crippen LogP contribution in [0.2, 0.25) is 10.0 Å². The zero-order chi connectivity index (χ0) is 25.0. The van der Waals surface area contributed by atoms with Gasteiger partial charge in [-0.15, -0.1) is 0 Å². The molecule has 1 aromatic carbocycles. The Morgan fingerprint density at radius 3 is 2.58 bits per heavy atom. The molecule has 1 aliphatic heterocycles. The van der Waals surface area contributed by atoms with Gasteiger partial charge < -0.3 is 18.9 Å². The second-order valence-electron chi connectivity index (χ2n) is 9.93. The van der Waals surface area contributed by atoms with Gasteiger partial charge in [-0.2, -0.15) is 0 Å². The minimum absolute atomic E-state index is 0.132. The van der Waals surface area contributed by atoms with E-state index in [2.05, 4.69) is 22.0 Å². The lowest BCUT2D eigenvalue weighted by atomic mass is 9.97. The molecule has 9 heteroatoms. The fourth-order valence-corrected chi connectivity index (χ4v) is 6.46. The highest BCUT2D eigenvalue weighted by molar-refractivity contribution is 6.39. The van der Waals surface area contributed by atoms with Crippen LogP contribution in [-0.4, -0.2) is 41.4 Å². The summed E-state index contributed by atoms with van der Waals surface area (Å²) < 4.78 is 17.1. The first-order valence-electron chi connectivity index (χ1n) is 12.3. The predicted molar refractivity (Wildman–Crippen MR) is 137 cm³/mol. The summed E-state index contributed by atoms with van der Waals surface area (Å²) in [6.07, 6.45) is 5.88. The summed E-state index contributed by atoms with van der Waals surface area (Å²) in [6.45, 7) is 2.64. The zero-order valence-electron chi connectivity index (χ0n) is 20.1. The van der Waals surface area contributed by atoms with Crippen molar-refractivity contribution in [2.75, 3.05) is 12.0 Å². The molecule has 188 valence electrons. The number of esters is 1. The van der Waals surface area contributed by atoms with Gasteiger partial charge in [0, 0.05) is 41.2 Å². The molecule has 4 unspecified atom stereocenters. The van der Waals surface area contributed by atoms with E-state index in [1.54, 1.807) is 12.3 Å². The van der Waals surface area contributed by atoms with Gasteiger partial charge in [0.25, 0.3) is 0 Å². The Kier molecular flexibility index (Phi) is 6.18. The summed E-state index contributed by atoms with van der Waals surface area (Å²) in [5.74, 6) is 2.17.